The maximum absolute atomic E-state index is 12.4. The summed E-state index contributed by atoms with van der Waals surface area (Å²) < 4.78 is 10.1. The lowest BCUT2D eigenvalue weighted by Crippen LogP contribution is -2.46. The van der Waals surface area contributed by atoms with E-state index < -0.39 is 17.4 Å². The number of carboxylic acid groups (broad SMARTS) is 1. The lowest BCUT2D eigenvalue weighted by atomic mass is 9.62. The molecule has 0 heterocycles. The third-order valence-electron chi connectivity index (χ3n) is 4.26. The fourth-order valence-corrected chi connectivity index (χ4v) is 2.13. The molecule has 0 saturated carbocycles. The molecule has 6 heteroatoms. The smallest absolute Gasteiger partial charge is 0.312 e. The van der Waals surface area contributed by atoms with Gasteiger partial charge in [0, 0.05) is 0 Å². The number of carbonyl (C=O) groups is 3. The Labute approximate surface area is 132 Å². The van der Waals surface area contributed by atoms with Gasteiger partial charge in [-0.2, -0.15) is 0 Å². The van der Waals surface area contributed by atoms with Crippen LogP contribution in [-0.2, 0) is 23.9 Å². The Morgan fingerprint density at radius 2 is 1.45 bits per heavy atom. The summed E-state index contributed by atoms with van der Waals surface area (Å²) >= 11 is 0. The molecule has 0 aliphatic heterocycles. The number of carboxylic acids is 1. The van der Waals surface area contributed by atoms with E-state index in [-0.39, 0.29) is 43.4 Å². The highest BCUT2D eigenvalue weighted by Gasteiger charge is 2.47. The summed E-state index contributed by atoms with van der Waals surface area (Å²) in [5, 5.41) is 8.45. The highest BCUT2D eigenvalue weighted by Crippen LogP contribution is 2.45. The molecule has 22 heavy (non-hydrogen) atoms. The molecule has 0 aromatic heterocycles. The number of hydrogen-bond acceptors (Lipinski definition) is 5. The second-order valence-electron chi connectivity index (χ2n) is 6.86. The predicted molar refractivity (Wildman–Crippen MR) is 81.2 cm³/mol. The van der Waals surface area contributed by atoms with Crippen LogP contribution in [0.1, 0.15) is 54.4 Å². The van der Waals surface area contributed by atoms with Gasteiger partial charge >= 0.3 is 17.9 Å². The zero-order chi connectivity index (χ0) is 17.6. The quantitative estimate of drug-likeness (QED) is 0.547. The Hall–Kier alpha value is -1.59. The van der Waals surface area contributed by atoms with E-state index in [1.807, 2.05) is 41.5 Å². The van der Waals surface area contributed by atoms with Crippen LogP contribution in [0.25, 0.3) is 0 Å². The second kappa shape index (κ2) is 8.15. The number of hydrogen-bond donors (Lipinski definition) is 1. The minimum Gasteiger partial charge on any atom is -0.481 e. The molecule has 0 bridgehead atoms. The van der Waals surface area contributed by atoms with Gasteiger partial charge in [-0.1, -0.05) is 34.6 Å². The molecule has 1 unspecified atom stereocenters. The highest BCUT2D eigenvalue weighted by atomic mass is 16.6. The molecule has 1 atom stereocenters. The first kappa shape index (κ1) is 20.4. The fourth-order valence-electron chi connectivity index (χ4n) is 2.13. The molecule has 0 spiro atoms. The van der Waals surface area contributed by atoms with Crippen LogP contribution in [0.5, 0.6) is 0 Å². The number of esters is 2. The van der Waals surface area contributed by atoms with E-state index in [1.54, 1.807) is 0 Å². The van der Waals surface area contributed by atoms with Crippen molar-refractivity contribution >= 4 is 17.9 Å². The number of carbonyl (C=O) groups excluding carboxylic acids is 2. The first-order valence-corrected chi connectivity index (χ1v) is 7.47. The highest BCUT2D eigenvalue weighted by molar-refractivity contribution is 5.78. The van der Waals surface area contributed by atoms with Crippen LogP contribution in [0.2, 0.25) is 0 Å². The van der Waals surface area contributed by atoms with E-state index in [0.717, 1.165) is 0 Å². The largest absolute Gasteiger partial charge is 0.481 e. The average Bonchev–Trinajstić information content (AvgIpc) is 2.38. The van der Waals surface area contributed by atoms with Gasteiger partial charge in [0.05, 0.1) is 18.3 Å². The van der Waals surface area contributed by atoms with Gasteiger partial charge in [-0.15, -0.1) is 0 Å². The third kappa shape index (κ3) is 5.66. The summed E-state index contributed by atoms with van der Waals surface area (Å²) in [5.74, 6) is -1.89. The van der Waals surface area contributed by atoms with Gasteiger partial charge in [0.15, 0.2) is 0 Å². The number of rotatable bonds is 8. The molecule has 0 aliphatic carbocycles. The van der Waals surface area contributed by atoms with Gasteiger partial charge in [-0.05, 0) is 18.3 Å². The summed E-state index contributed by atoms with van der Waals surface area (Å²) in [6.45, 7) is 11.7. The van der Waals surface area contributed by atoms with E-state index in [1.165, 1.54) is 0 Å². The van der Waals surface area contributed by atoms with Crippen LogP contribution in [0.3, 0.4) is 0 Å². The van der Waals surface area contributed by atoms with Crippen LogP contribution in [0.4, 0.5) is 0 Å². The molecule has 0 aromatic rings. The molecule has 0 aromatic carbocycles. The minimum atomic E-state index is -1.05. The van der Waals surface area contributed by atoms with Crippen LogP contribution in [-0.4, -0.2) is 36.2 Å². The van der Waals surface area contributed by atoms with Crippen molar-refractivity contribution in [2.75, 3.05) is 13.2 Å². The van der Waals surface area contributed by atoms with Crippen molar-refractivity contribution in [3.8, 4) is 0 Å². The Morgan fingerprint density at radius 1 is 0.955 bits per heavy atom. The van der Waals surface area contributed by atoms with Gasteiger partial charge in [0.25, 0.3) is 0 Å². The number of aliphatic carboxylic acids is 1. The Balaban J connectivity index is 4.33. The Kier molecular flexibility index (Phi) is 7.56. The molecular formula is C16H28O6. The second-order valence-corrected chi connectivity index (χ2v) is 6.86. The summed E-state index contributed by atoms with van der Waals surface area (Å²) in [6.07, 6.45) is -0.455. The van der Waals surface area contributed by atoms with E-state index in [0.29, 0.717) is 0 Å². The van der Waals surface area contributed by atoms with Crippen LogP contribution >= 0.6 is 0 Å². The van der Waals surface area contributed by atoms with Crippen LogP contribution in [0, 0.1) is 16.7 Å². The summed E-state index contributed by atoms with van der Waals surface area (Å²) in [5.41, 5.74) is -0.920. The van der Waals surface area contributed by atoms with Crippen molar-refractivity contribution in [2.24, 2.45) is 16.7 Å². The molecule has 1 N–H and O–H groups in total. The first-order chi connectivity index (χ1) is 9.92. The van der Waals surface area contributed by atoms with Crippen molar-refractivity contribution < 1.29 is 29.0 Å². The number of ether oxygens (including phenoxy) is 2. The molecule has 0 radical (unpaired) electrons. The third-order valence-corrected chi connectivity index (χ3v) is 4.26. The summed E-state index contributed by atoms with van der Waals surface area (Å²) in [4.78, 5) is 33.9. The molecule has 0 amide bonds. The Bertz CT molecular complexity index is 407. The van der Waals surface area contributed by atoms with E-state index in [4.69, 9.17) is 14.6 Å². The van der Waals surface area contributed by atoms with Gasteiger partial charge in [0.1, 0.15) is 13.2 Å². The van der Waals surface area contributed by atoms with Gasteiger partial charge < -0.3 is 14.6 Å². The lowest BCUT2D eigenvalue weighted by molar-refractivity contribution is -0.169. The molecule has 128 valence electrons. The molecule has 0 aliphatic rings. The van der Waals surface area contributed by atoms with Crippen molar-refractivity contribution in [2.45, 2.75) is 54.4 Å². The molecular weight excluding hydrogens is 288 g/mol. The first-order valence-electron chi connectivity index (χ1n) is 7.47. The molecule has 0 fully saturated rings. The van der Waals surface area contributed by atoms with Crippen LogP contribution in [0.15, 0.2) is 0 Å². The van der Waals surface area contributed by atoms with Gasteiger partial charge in [-0.3, -0.25) is 14.4 Å². The molecule has 0 rings (SSSR count). The van der Waals surface area contributed by atoms with E-state index >= 15 is 0 Å². The van der Waals surface area contributed by atoms with Crippen molar-refractivity contribution in [3.63, 3.8) is 0 Å². The average molecular weight is 316 g/mol. The standard InChI is InChI=1S/C16H28O6/c1-11(2)16(6,15(3,4)5)14(20)22-10-9-21-13(19)8-7-12(17)18/h11H,7-10H2,1-6H3,(H,17,18). The zero-order valence-electron chi connectivity index (χ0n) is 14.4. The Morgan fingerprint density at radius 3 is 1.86 bits per heavy atom. The molecule has 0 saturated heterocycles. The summed E-state index contributed by atoms with van der Waals surface area (Å²) in [6, 6.07) is 0. The predicted octanol–water partition coefficient (Wildman–Crippen LogP) is 2.65. The lowest BCUT2D eigenvalue weighted by Gasteiger charge is -2.42. The van der Waals surface area contributed by atoms with Crippen molar-refractivity contribution in [1.82, 2.24) is 0 Å². The summed E-state index contributed by atoms with van der Waals surface area (Å²) in [7, 11) is 0. The van der Waals surface area contributed by atoms with E-state index in [9.17, 15) is 14.4 Å². The van der Waals surface area contributed by atoms with Gasteiger partial charge in [0.2, 0.25) is 0 Å². The topological polar surface area (TPSA) is 89.9 Å². The van der Waals surface area contributed by atoms with Crippen molar-refractivity contribution in [3.05, 3.63) is 0 Å². The fraction of sp³-hybridized carbons (Fsp3) is 0.812. The zero-order valence-corrected chi connectivity index (χ0v) is 14.4. The monoisotopic (exact) mass is 316 g/mol. The normalized spacial score (nSPS) is 14.3. The van der Waals surface area contributed by atoms with Crippen LogP contribution < -0.4 is 0 Å². The minimum absolute atomic E-state index is 0.0317. The molecule has 6 nitrogen and oxygen atoms in total. The van der Waals surface area contributed by atoms with Crippen molar-refractivity contribution in [1.29, 1.82) is 0 Å². The van der Waals surface area contributed by atoms with Gasteiger partial charge in [-0.25, -0.2) is 0 Å². The maximum atomic E-state index is 12.4. The van der Waals surface area contributed by atoms with E-state index in [2.05, 4.69) is 0 Å². The maximum Gasteiger partial charge on any atom is 0.312 e. The SMILES string of the molecule is CC(C)C(C)(C(=O)OCCOC(=O)CCC(=O)O)C(C)(C)C.